The highest BCUT2D eigenvalue weighted by atomic mass is 19.1. The molecule has 0 unspecified atom stereocenters. The quantitative estimate of drug-likeness (QED) is 0.859. The predicted octanol–water partition coefficient (Wildman–Crippen LogP) is 2.35. The summed E-state index contributed by atoms with van der Waals surface area (Å²) in [6.45, 7) is 6.84. The van der Waals surface area contributed by atoms with E-state index in [1.165, 1.54) is 31.0 Å². The lowest BCUT2D eigenvalue weighted by molar-refractivity contribution is 0.205. The number of phenols is 1. The van der Waals surface area contributed by atoms with Crippen molar-refractivity contribution in [3.63, 3.8) is 0 Å². The number of rotatable bonds is 5. The Morgan fingerprint density at radius 3 is 2.79 bits per heavy atom. The van der Waals surface area contributed by atoms with Crippen LogP contribution in [0.1, 0.15) is 25.3 Å². The number of nitrogens with one attached hydrogen (secondary N) is 1. The topological polar surface area (TPSA) is 35.5 Å². The molecule has 2 N–H and O–H groups in total. The minimum Gasteiger partial charge on any atom is -0.508 e. The molecular weight excluding hydrogens is 243 g/mol. The van der Waals surface area contributed by atoms with Crippen molar-refractivity contribution in [3.8, 4) is 5.75 Å². The summed E-state index contributed by atoms with van der Waals surface area (Å²) in [5.74, 6) is 0.604. The smallest absolute Gasteiger partial charge is 0.123 e. The summed E-state index contributed by atoms with van der Waals surface area (Å²) in [6.07, 6.45) is 2.40. The number of nitrogens with zero attached hydrogens (tertiary/aromatic N) is 1. The summed E-state index contributed by atoms with van der Waals surface area (Å²) in [5.41, 5.74) is 0.677. The lowest BCUT2D eigenvalue weighted by atomic mass is 9.97. The number of halogens is 1. The van der Waals surface area contributed by atoms with Gasteiger partial charge in [-0.3, -0.25) is 4.90 Å². The molecule has 0 saturated carbocycles. The summed E-state index contributed by atoms with van der Waals surface area (Å²) in [5, 5.41) is 13.1. The van der Waals surface area contributed by atoms with Gasteiger partial charge in [-0.05, 0) is 56.6 Å². The lowest BCUT2D eigenvalue weighted by Gasteiger charge is -2.29. The number of piperidine rings is 1. The van der Waals surface area contributed by atoms with E-state index in [0.717, 1.165) is 26.2 Å². The van der Waals surface area contributed by atoms with Crippen molar-refractivity contribution in [2.75, 3.05) is 26.2 Å². The first-order valence-corrected chi connectivity index (χ1v) is 7.09. The van der Waals surface area contributed by atoms with E-state index < -0.39 is 0 Å². The van der Waals surface area contributed by atoms with E-state index in [-0.39, 0.29) is 11.6 Å². The van der Waals surface area contributed by atoms with E-state index in [1.807, 2.05) is 0 Å². The number of aromatic hydroxyl groups is 1. The average molecular weight is 266 g/mol. The maximum atomic E-state index is 13.2. The van der Waals surface area contributed by atoms with E-state index in [9.17, 15) is 9.50 Å². The van der Waals surface area contributed by atoms with Crippen LogP contribution in [0.5, 0.6) is 5.75 Å². The van der Waals surface area contributed by atoms with E-state index in [0.29, 0.717) is 18.0 Å². The molecular formula is C15H23FN2O. The van der Waals surface area contributed by atoms with Crippen LogP contribution in [0, 0.1) is 11.7 Å². The van der Waals surface area contributed by atoms with Gasteiger partial charge in [0.05, 0.1) is 0 Å². The molecule has 106 valence electrons. The fraction of sp³-hybridized carbons (Fsp3) is 0.600. The highest BCUT2D eigenvalue weighted by Crippen LogP contribution is 2.21. The van der Waals surface area contributed by atoms with E-state index in [2.05, 4.69) is 17.1 Å². The Morgan fingerprint density at radius 2 is 2.11 bits per heavy atom. The molecule has 2 rings (SSSR count). The van der Waals surface area contributed by atoms with Gasteiger partial charge in [0.25, 0.3) is 0 Å². The van der Waals surface area contributed by atoms with Crippen LogP contribution < -0.4 is 5.32 Å². The molecule has 0 spiro atoms. The van der Waals surface area contributed by atoms with Gasteiger partial charge in [-0.15, -0.1) is 0 Å². The molecule has 0 bridgehead atoms. The molecule has 1 fully saturated rings. The van der Waals surface area contributed by atoms with Gasteiger partial charge >= 0.3 is 0 Å². The van der Waals surface area contributed by atoms with Crippen molar-refractivity contribution >= 4 is 0 Å². The van der Waals surface area contributed by atoms with Crippen LogP contribution in [0.4, 0.5) is 4.39 Å². The summed E-state index contributed by atoms with van der Waals surface area (Å²) >= 11 is 0. The zero-order valence-corrected chi connectivity index (χ0v) is 11.5. The van der Waals surface area contributed by atoms with Crippen LogP contribution >= 0.6 is 0 Å². The third-order valence-corrected chi connectivity index (χ3v) is 3.86. The van der Waals surface area contributed by atoms with Crippen molar-refractivity contribution in [3.05, 3.63) is 29.6 Å². The Bertz CT molecular complexity index is 405. The van der Waals surface area contributed by atoms with Crippen LogP contribution in [-0.2, 0) is 6.54 Å². The predicted molar refractivity (Wildman–Crippen MR) is 74.6 cm³/mol. The van der Waals surface area contributed by atoms with Gasteiger partial charge < -0.3 is 10.4 Å². The maximum Gasteiger partial charge on any atom is 0.123 e. The molecule has 19 heavy (non-hydrogen) atoms. The number of phenolic OH excluding ortho intramolecular Hbond substituents is 1. The summed E-state index contributed by atoms with van der Waals surface area (Å²) < 4.78 is 13.2. The SMILES string of the molecule is CCN(Cc1cc(F)ccc1O)CC1CCNCC1. The minimum atomic E-state index is -0.286. The van der Waals surface area contributed by atoms with Crippen LogP contribution in [0.2, 0.25) is 0 Å². The van der Waals surface area contributed by atoms with Crippen molar-refractivity contribution in [1.82, 2.24) is 10.2 Å². The maximum absolute atomic E-state index is 13.2. The molecule has 1 saturated heterocycles. The molecule has 1 aliphatic rings. The first kappa shape index (κ1) is 14.3. The first-order valence-electron chi connectivity index (χ1n) is 7.09. The summed E-state index contributed by atoms with van der Waals surface area (Å²) in [4.78, 5) is 2.28. The van der Waals surface area contributed by atoms with Crippen LogP contribution in [-0.4, -0.2) is 36.2 Å². The van der Waals surface area contributed by atoms with Gasteiger partial charge in [0.2, 0.25) is 0 Å². The molecule has 3 nitrogen and oxygen atoms in total. The molecule has 1 aliphatic heterocycles. The van der Waals surface area contributed by atoms with Crippen molar-refractivity contribution in [2.24, 2.45) is 5.92 Å². The molecule has 1 aromatic rings. The Morgan fingerprint density at radius 1 is 1.37 bits per heavy atom. The number of benzene rings is 1. The molecule has 1 aromatic carbocycles. The lowest BCUT2D eigenvalue weighted by Crippen LogP contribution is -2.35. The van der Waals surface area contributed by atoms with Gasteiger partial charge in [-0.25, -0.2) is 4.39 Å². The molecule has 0 amide bonds. The van der Waals surface area contributed by atoms with E-state index in [1.54, 1.807) is 0 Å². The van der Waals surface area contributed by atoms with Crippen molar-refractivity contribution in [2.45, 2.75) is 26.3 Å². The minimum absolute atomic E-state index is 0.185. The normalized spacial score (nSPS) is 17.0. The largest absolute Gasteiger partial charge is 0.508 e. The Kier molecular flexibility index (Phi) is 5.16. The molecule has 1 heterocycles. The number of hydrogen-bond donors (Lipinski definition) is 2. The number of hydrogen-bond acceptors (Lipinski definition) is 3. The van der Waals surface area contributed by atoms with Crippen LogP contribution in [0.3, 0.4) is 0 Å². The third-order valence-electron chi connectivity index (χ3n) is 3.86. The Hall–Kier alpha value is -1.13. The van der Waals surface area contributed by atoms with E-state index >= 15 is 0 Å². The second kappa shape index (κ2) is 6.87. The second-order valence-electron chi connectivity index (χ2n) is 5.29. The third kappa shape index (κ3) is 4.18. The zero-order chi connectivity index (χ0) is 13.7. The fourth-order valence-electron chi connectivity index (χ4n) is 2.66. The van der Waals surface area contributed by atoms with Crippen LogP contribution in [0.25, 0.3) is 0 Å². The summed E-state index contributed by atoms with van der Waals surface area (Å²) in [6, 6.07) is 4.16. The highest BCUT2D eigenvalue weighted by molar-refractivity contribution is 5.32. The monoisotopic (exact) mass is 266 g/mol. The van der Waals surface area contributed by atoms with Gasteiger partial charge in [0.15, 0.2) is 0 Å². The van der Waals surface area contributed by atoms with Crippen molar-refractivity contribution in [1.29, 1.82) is 0 Å². The van der Waals surface area contributed by atoms with Gasteiger partial charge in [0, 0.05) is 18.7 Å². The zero-order valence-electron chi connectivity index (χ0n) is 11.5. The molecule has 0 aliphatic carbocycles. The van der Waals surface area contributed by atoms with Crippen LogP contribution in [0.15, 0.2) is 18.2 Å². The Balaban J connectivity index is 1.95. The van der Waals surface area contributed by atoms with Gasteiger partial charge in [-0.2, -0.15) is 0 Å². The fourth-order valence-corrected chi connectivity index (χ4v) is 2.66. The Labute approximate surface area is 114 Å². The second-order valence-corrected chi connectivity index (χ2v) is 5.29. The van der Waals surface area contributed by atoms with Gasteiger partial charge in [0.1, 0.15) is 11.6 Å². The van der Waals surface area contributed by atoms with Crippen molar-refractivity contribution < 1.29 is 9.50 Å². The molecule has 0 aromatic heterocycles. The molecule has 0 radical (unpaired) electrons. The standard InChI is InChI=1S/C15H23FN2O/c1-2-18(10-12-5-7-17-8-6-12)11-13-9-14(16)3-4-15(13)19/h3-4,9,12,17,19H,2,5-8,10-11H2,1H3. The highest BCUT2D eigenvalue weighted by Gasteiger charge is 2.17. The molecule has 0 atom stereocenters. The first-order chi connectivity index (χ1) is 9.19. The average Bonchev–Trinajstić information content (AvgIpc) is 2.43. The molecule has 4 heteroatoms. The van der Waals surface area contributed by atoms with E-state index in [4.69, 9.17) is 0 Å². The summed E-state index contributed by atoms with van der Waals surface area (Å²) in [7, 11) is 0. The van der Waals surface area contributed by atoms with Gasteiger partial charge in [-0.1, -0.05) is 6.92 Å².